The number of thiol groups is 1. The van der Waals surface area contributed by atoms with Gasteiger partial charge in [-0.05, 0) is 24.0 Å². The number of rotatable bonds is 3. The molecule has 0 fully saturated rings. The van der Waals surface area contributed by atoms with Crippen molar-refractivity contribution in [3.8, 4) is 0 Å². The Morgan fingerprint density at radius 3 is 2.29 bits per heavy atom. The van der Waals surface area contributed by atoms with Gasteiger partial charge in [-0.1, -0.05) is 13.8 Å². The number of hydrogen-bond donors (Lipinski definition) is 1. The van der Waals surface area contributed by atoms with Crippen LogP contribution >= 0.6 is 11.4 Å². The van der Waals surface area contributed by atoms with Gasteiger partial charge in [0.15, 0.2) is 0 Å². The summed E-state index contributed by atoms with van der Waals surface area (Å²) < 4.78 is 0. The molecule has 0 spiro atoms. The van der Waals surface area contributed by atoms with E-state index >= 15 is 0 Å². The predicted octanol–water partition coefficient (Wildman–Crippen LogP) is 1.81. The molecular weight excluding hydrogens is 104 g/mol. The highest BCUT2D eigenvalue weighted by Crippen LogP contribution is 2.00. The molecule has 0 saturated carbocycles. The fraction of sp³-hybridized carbons (Fsp3) is 0.833. The summed E-state index contributed by atoms with van der Waals surface area (Å²) in [6.07, 6.45) is 1.26. The molecule has 0 aliphatic carbocycles. The lowest BCUT2D eigenvalue weighted by Gasteiger charge is -1.97. The molecule has 0 aliphatic rings. The molecule has 0 nitrogen and oxygen atoms in total. The van der Waals surface area contributed by atoms with Crippen LogP contribution in [0, 0.1) is 5.92 Å². The second-order valence-corrected chi connectivity index (χ2v) is 2.90. The standard InChI is InChI=1S/C6H13S/c1-6(2)4-5-7-3/h3,6-7H,4-5H2,1-2H3. The van der Waals surface area contributed by atoms with Crippen LogP contribution in [0.15, 0.2) is 0 Å². The zero-order valence-electron chi connectivity index (χ0n) is 5.02. The van der Waals surface area contributed by atoms with Gasteiger partial charge in [0.25, 0.3) is 0 Å². The molecule has 1 radical (unpaired) electrons. The van der Waals surface area contributed by atoms with Gasteiger partial charge in [-0.2, -0.15) is 11.4 Å². The van der Waals surface area contributed by atoms with Crippen LogP contribution in [0.4, 0.5) is 0 Å². The highest BCUT2D eigenvalue weighted by Gasteiger charge is 1.87. The van der Waals surface area contributed by atoms with Crippen molar-refractivity contribution in [1.29, 1.82) is 0 Å². The van der Waals surface area contributed by atoms with Crippen LogP contribution in [0.3, 0.4) is 0 Å². The first-order chi connectivity index (χ1) is 3.27. The van der Waals surface area contributed by atoms with Crippen molar-refractivity contribution in [2.45, 2.75) is 20.3 Å². The molecule has 0 heterocycles. The Labute approximate surface area is 49.9 Å². The van der Waals surface area contributed by atoms with Gasteiger partial charge in [0.2, 0.25) is 0 Å². The van der Waals surface area contributed by atoms with E-state index in [1.807, 2.05) is 0 Å². The maximum atomic E-state index is 5.25. The lowest BCUT2D eigenvalue weighted by molar-refractivity contribution is 0.633. The summed E-state index contributed by atoms with van der Waals surface area (Å²) in [5, 5.41) is 0. The van der Waals surface area contributed by atoms with E-state index in [0.29, 0.717) is 0 Å². The third kappa shape index (κ3) is 6.22. The summed E-state index contributed by atoms with van der Waals surface area (Å²) >= 11 is 1.04. The molecule has 0 atom stereocenters. The lowest BCUT2D eigenvalue weighted by atomic mass is 10.2. The Balaban J connectivity index is 2.81. The first-order valence-corrected chi connectivity index (χ1v) is 3.79. The summed E-state index contributed by atoms with van der Waals surface area (Å²) in [6, 6.07) is 0. The number of hydrogen-bond acceptors (Lipinski definition) is 0. The molecular formula is C6H13S. The fourth-order valence-electron chi connectivity index (χ4n) is 0.333. The normalized spacial score (nSPS) is 10.1. The van der Waals surface area contributed by atoms with E-state index in [9.17, 15) is 0 Å². The van der Waals surface area contributed by atoms with E-state index < -0.39 is 0 Å². The molecule has 0 rings (SSSR count). The van der Waals surface area contributed by atoms with Crippen molar-refractivity contribution in [2.24, 2.45) is 5.92 Å². The second kappa shape index (κ2) is 4.38. The summed E-state index contributed by atoms with van der Waals surface area (Å²) in [7, 11) is 0. The van der Waals surface area contributed by atoms with Crippen LogP contribution in [-0.4, -0.2) is 11.6 Å². The smallest absolute Gasteiger partial charge is 0.0143 e. The molecule has 7 heavy (non-hydrogen) atoms. The van der Waals surface area contributed by atoms with Crippen LogP contribution < -0.4 is 0 Å². The van der Waals surface area contributed by atoms with Crippen molar-refractivity contribution >= 4 is 17.2 Å². The Morgan fingerprint density at radius 1 is 1.57 bits per heavy atom. The van der Waals surface area contributed by atoms with Crippen LogP contribution in [-0.2, 0) is 0 Å². The minimum Gasteiger partial charge on any atom is -0.200 e. The molecule has 0 aromatic rings. The minimum atomic E-state index is 0.816. The summed E-state index contributed by atoms with van der Waals surface area (Å²) in [5.74, 6) is 7.22. The fourth-order valence-corrected chi connectivity index (χ4v) is 0.998. The Kier molecular flexibility index (Phi) is 4.52. The SMILES string of the molecule is [CH]=[SH]CCC(C)C. The molecule has 0 amide bonds. The maximum Gasteiger partial charge on any atom is -0.0143 e. The monoisotopic (exact) mass is 117 g/mol. The van der Waals surface area contributed by atoms with Crippen LogP contribution in [0.5, 0.6) is 0 Å². The summed E-state index contributed by atoms with van der Waals surface area (Å²) in [6.45, 7) is 4.43. The molecule has 0 aromatic heterocycles. The summed E-state index contributed by atoms with van der Waals surface area (Å²) in [4.78, 5) is 0. The van der Waals surface area contributed by atoms with Crippen LogP contribution in [0.1, 0.15) is 20.3 Å². The summed E-state index contributed by atoms with van der Waals surface area (Å²) in [5.41, 5.74) is 0. The minimum absolute atomic E-state index is 0.816. The van der Waals surface area contributed by atoms with Crippen molar-refractivity contribution < 1.29 is 0 Å². The molecule has 1 heteroatoms. The first kappa shape index (κ1) is 7.22. The van der Waals surface area contributed by atoms with Gasteiger partial charge >= 0.3 is 0 Å². The predicted molar refractivity (Wildman–Crippen MR) is 39.4 cm³/mol. The molecule has 0 N–H and O–H groups in total. The molecule has 0 bridgehead atoms. The largest absolute Gasteiger partial charge is 0.200 e. The Hall–Kier alpha value is 0.220. The first-order valence-electron chi connectivity index (χ1n) is 2.64. The zero-order valence-corrected chi connectivity index (χ0v) is 5.91. The Bertz CT molecular complexity index is 48.1. The van der Waals surface area contributed by atoms with Gasteiger partial charge < -0.3 is 0 Å². The zero-order chi connectivity index (χ0) is 5.70. The van der Waals surface area contributed by atoms with Gasteiger partial charge in [0.05, 0.1) is 0 Å². The van der Waals surface area contributed by atoms with Gasteiger partial charge in [-0.25, -0.2) is 0 Å². The van der Waals surface area contributed by atoms with E-state index in [4.69, 9.17) is 5.87 Å². The van der Waals surface area contributed by atoms with Gasteiger partial charge in [0.1, 0.15) is 0 Å². The van der Waals surface area contributed by atoms with Crippen molar-refractivity contribution in [3.05, 3.63) is 0 Å². The third-order valence-corrected chi connectivity index (χ3v) is 1.35. The van der Waals surface area contributed by atoms with E-state index in [0.717, 1.165) is 23.0 Å². The average molecular weight is 117 g/mol. The topological polar surface area (TPSA) is 0 Å². The maximum absolute atomic E-state index is 5.25. The quantitative estimate of drug-likeness (QED) is 0.423. The van der Waals surface area contributed by atoms with E-state index in [1.165, 1.54) is 6.42 Å². The van der Waals surface area contributed by atoms with Gasteiger partial charge in [-0.15, -0.1) is 0 Å². The molecule has 0 aromatic carbocycles. The van der Waals surface area contributed by atoms with E-state index in [1.54, 1.807) is 0 Å². The molecule has 43 valence electrons. The van der Waals surface area contributed by atoms with Gasteiger partial charge in [-0.3, -0.25) is 0 Å². The third-order valence-electron chi connectivity index (χ3n) is 0.836. The van der Waals surface area contributed by atoms with Crippen molar-refractivity contribution in [3.63, 3.8) is 0 Å². The average Bonchev–Trinajstić information content (AvgIpc) is 1.61. The van der Waals surface area contributed by atoms with Gasteiger partial charge in [0, 0.05) is 0 Å². The van der Waals surface area contributed by atoms with Crippen LogP contribution in [0.2, 0.25) is 0 Å². The second-order valence-electron chi connectivity index (χ2n) is 2.09. The van der Waals surface area contributed by atoms with Crippen molar-refractivity contribution in [2.75, 3.05) is 5.75 Å². The highest BCUT2D eigenvalue weighted by atomic mass is 32.1. The molecule has 0 saturated heterocycles. The molecule has 0 aliphatic heterocycles. The lowest BCUT2D eigenvalue weighted by Crippen LogP contribution is -1.86. The molecule has 0 unspecified atom stereocenters. The van der Waals surface area contributed by atoms with E-state index in [2.05, 4.69) is 13.8 Å². The van der Waals surface area contributed by atoms with E-state index in [-0.39, 0.29) is 0 Å². The Morgan fingerprint density at radius 2 is 2.14 bits per heavy atom. The van der Waals surface area contributed by atoms with Crippen LogP contribution in [0.25, 0.3) is 0 Å². The van der Waals surface area contributed by atoms with Crippen molar-refractivity contribution in [1.82, 2.24) is 0 Å². The highest BCUT2D eigenvalue weighted by molar-refractivity contribution is 7.96.